The molecular formula is H5AlO2Ti. The average Bonchev–Trinajstić information content (AvgIpc) is 1.00. The topological polar surface area (TPSA) is 40.5 Å². The Labute approximate surface area is 49.8 Å². The summed E-state index contributed by atoms with van der Waals surface area (Å²) in [5.41, 5.74) is 0. The van der Waals surface area contributed by atoms with Gasteiger partial charge < -0.3 is 0 Å². The fraction of sp³-hybridized carbons (Fsp3) is 0. The minimum Gasteiger partial charge on any atom is -0.255 e. The predicted octanol–water partition coefficient (Wildman–Crippen LogP) is -1.17. The van der Waals surface area contributed by atoms with Crippen LogP contribution in [0.3, 0.4) is 0 Å². The van der Waals surface area contributed by atoms with Crippen molar-refractivity contribution in [1.29, 1.82) is 0 Å². The van der Waals surface area contributed by atoms with Crippen LogP contribution in [0.5, 0.6) is 0 Å². The van der Waals surface area contributed by atoms with Crippen LogP contribution in [0.15, 0.2) is 0 Å². The summed E-state index contributed by atoms with van der Waals surface area (Å²) in [4.78, 5) is 0. The van der Waals surface area contributed by atoms with E-state index in [0.717, 1.165) is 0 Å². The Kier molecular flexibility index (Phi) is 147. The maximum atomic E-state index is 6.00. The molecule has 0 rings (SSSR count). The van der Waals surface area contributed by atoms with E-state index in [-0.39, 0.29) is 39.1 Å². The Morgan fingerprint density at radius 3 is 1.00 bits per heavy atom. The predicted molar refractivity (Wildman–Crippen MR) is 15.2 cm³/mol. The summed E-state index contributed by atoms with van der Waals surface area (Å²) < 4.78 is 0. The van der Waals surface area contributed by atoms with E-state index >= 15 is 0 Å². The van der Waals surface area contributed by atoms with Crippen molar-refractivity contribution in [3.63, 3.8) is 0 Å². The molecule has 2 N–H and O–H groups in total. The molecule has 0 aliphatic carbocycles. The molecule has 0 saturated heterocycles. The monoisotopic (exact) mass is 112 g/mol. The zero-order chi connectivity index (χ0) is 2.00. The largest absolute Gasteiger partial charge is 0.255 e. The summed E-state index contributed by atoms with van der Waals surface area (Å²) in [6.07, 6.45) is 0. The third-order valence-electron chi connectivity index (χ3n) is 0. The molecule has 0 atom stereocenters. The molecule has 0 saturated carbocycles. The van der Waals surface area contributed by atoms with Crippen molar-refractivity contribution >= 4 is 17.4 Å². The van der Waals surface area contributed by atoms with Gasteiger partial charge in [0.05, 0.1) is 0 Å². The van der Waals surface area contributed by atoms with Crippen molar-refractivity contribution in [3.8, 4) is 0 Å². The van der Waals surface area contributed by atoms with E-state index in [9.17, 15) is 0 Å². The van der Waals surface area contributed by atoms with Crippen molar-refractivity contribution in [3.05, 3.63) is 0 Å². The van der Waals surface area contributed by atoms with Gasteiger partial charge in [0.2, 0.25) is 0 Å². The fourth-order valence-corrected chi connectivity index (χ4v) is 0. The van der Waals surface area contributed by atoms with Crippen LogP contribution >= 0.6 is 0 Å². The van der Waals surface area contributed by atoms with Crippen LogP contribution < -0.4 is 0 Å². The van der Waals surface area contributed by atoms with E-state index in [1.807, 2.05) is 0 Å². The summed E-state index contributed by atoms with van der Waals surface area (Å²) in [5.74, 6) is 0. The van der Waals surface area contributed by atoms with Crippen LogP contribution in [0.1, 0.15) is 0 Å². The summed E-state index contributed by atoms with van der Waals surface area (Å²) >= 11 is 0. The van der Waals surface area contributed by atoms with Gasteiger partial charge >= 0.3 is 0 Å². The first-order chi connectivity index (χ1) is 1.00. The number of hydrogen-bond acceptors (Lipinski definition) is 2. The standard InChI is InChI=1S/Al.H2O2.Ti.3H/c;1-2;;;;/h;1-2H;;;;. The molecule has 0 spiro atoms. The zero-order valence-electron chi connectivity index (χ0n) is 1.39. The average molecular weight is 112 g/mol. The van der Waals surface area contributed by atoms with Gasteiger partial charge in [0.25, 0.3) is 0 Å². The first-order valence-electron chi connectivity index (χ1n) is 0.200. The molecule has 0 fully saturated rings. The number of hydrogen-bond donors (Lipinski definition) is 2. The van der Waals surface area contributed by atoms with Crippen molar-refractivity contribution in [2.75, 3.05) is 0 Å². The molecule has 0 aromatic heterocycles. The van der Waals surface area contributed by atoms with Gasteiger partial charge in [-0.3, -0.25) is 10.5 Å². The molecule has 2 nitrogen and oxygen atoms in total. The molecule has 0 unspecified atom stereocenters. The van der Waals surface area contributed by atoms with E-state index in [1.165, 1.54) is 0 Å². The molecule has 0 bridgehead atoms. The fourth-order valence-electron chi connectivity index (χ4n) is 0. The molecule has 4 heteroatoms. The Bertz CT molecular complexity index is 6.00. The third kappa shape index (κ3) is 10.9. The molecule has 24 valence electrons. The minimum absolute atomic E-state index is 0. The first kappa shape index (κ1) is 19.1. The quantitative estimate of drug-likeness (QED) is 0.235. The van der Waals surface area contributed by atoms with Gasteiger partial charge in [-0.2, -0.15) is 0 Å². The number of rotatable bonds is 0. The molecule has 0 radical (unpaired) electrons. The van der Waals surface area contributed by atoms with Gasteiger partial charge in [-0.05, 0) is 0 Å². The van der Waals surface area contributed by atoms with E-state index in [0.29, 0.717) is 0 Å². The normalized spacial score (nSPS) is 1.50. The van der Waals surface area contributed by atoms with Crippen LogP contribution in [-0.2, 0) is 21.7 Å². The second kappa shape index (κ2) is 30.7. The van der Waals surface area contributed by atoms with Gasteiger partial charge in [-0.25, -0.2) is 0 Å². The van der Waals surface area contributed by atoms with E-state index < -0.39 is 0 Å². The summed E-state index contributed by atoms with van der Waals surface area (Å²) in [5, 5.41) is 12.0. The molecule has 0 aromatic rings. The van der Waals surface area contributed by atoms with E-state index in [2.05, 4.69) is 0 Å². The van der Waals surface area contributed by atoms with Crippen LogP contribution in [0.4, 0.5) is 0 Å². The van der Waals surface area contributed by atoms with E-state index in [4.69, 9.17) is 10.5 Å². The van der Waals surface area contributed by atoms with Crippen molar-refractivity contribution < 1.29 is 32.2 Å². The van der Waals surface area contributed by atoms with Gasteiger partial charge in [-0.15, -0.1) is 0 Å². The molecule has 0 amide bonds. The van der Waals surface area contributed by atoms with Crippen LogP contribution in [0, 0.1) is 0 Å². The van der Waals surface area contributed by atoms with Crippen molar-refractivity contribution in [2.24, 2.45) is 0 Å². The minimum atomic E-state index is 0. The SMILES string of the molecule is OO.[AlH3].[Ti]. The summed E-state index contributed by atoms with van der Waals surface area (Å²) in [6.45, 7) is 0. The Hall–Kier alpha value is 1.17. The van der Waals surface area contributed by atoms with E-state index in [1.54, 1.807) is 0 Å². The maximum Gasteiger partial charge on any atom is 0.187 e. The van der Waals surface area contributed by atoms with Crippen LogP contribution in [0.2, 0.25) is 0 Å². The summed E-state index contributed by atoms with van der Waals surface area (Å²) in [6, 6.07) is 0. The van der Waals surface area contributed by atoms with Gasteiger partial charge in [0, 0.05) is 21.7 Å². The van der Waals surface area contributed by atoms with Crippen molar-refractivity contribution in [2.45, 2.75) is 0 Å². The molecule has 0 aromatic carbocycles. The molecule has 0 aliphatic heterocycles. The molecule has 0 heterocycles. The molecule has 4 heavy (non-hydrogen) atoms. The molecule has 0 aliphatic rings. The first-order valence-corrected chi connectivity index (χ1v) is 0.200. The van der Waals surface area contributed by atoms with Crippen molar-refractivity contribution in [1.82, 2.24) is 0 Å². The van der Waals surface area contributed by atoms with Gasteiger partial charge in [-0.1, -0.05) is 0 Å². The maximum absolute atomic E-state index is 6.00. The summed E-state index contributed by atoms with van der Waals surface area (Å²) in [7, 11) is 0. The smallest absolute Gasteiger partial charge is 0.187 e. The molecular weight excluding hydrogens is 107 g/mol. The second-order valence-corrected chi connectivity index (χ2v) is 0. The van der Waals surface area contributed by atoms with Crippen LogP contribution in [-0.4, -0.2) is 27.9 Å². The Morgan fingerprint density at radius 2 is 1.00 bits per heavy atom. The van der Waals surface area contributed by atoms with Gasteiger partial charge in [0.15, 0.2) is 17.4 Å². The van der Waals surface area contributed by atoms with Gasteiger partial charge in [0.1, 0.15) is 0 Å². The third-order valence-corrected chi connectivity index (χ3v) is 0. The van der Waals surface area contributed by atoms with Crippen LogP contribution in [0.25, 0.3) is 0 Å². The second-order valence-electron chi connectivity index (χ2n) is 0. The zero-order valence-corrected chi connectivity index (χ0v) is 2.96. The Morgan fingerprint density at radius 1 is 1.00 bits per heavy atom. The Balaban J connectivity index is -0.00000000500.